The summed E-state index contributed by atoms with van der Waals surface area (Å²) in [4.78, 5) is 21.6. The van der Waals surface area contributed by atoms with Gasteiger partial charge in [-0.1, -0.05) is 6.07 Å². The van der Waals surface area contributed by atoms with Crippen LogP contribution in [0.15, 0.2) is 18.2 Å². The number of carboxylic acids is 1. The molecule has 0 aromatic heterocycles. The lowest BCUT2D eigenvalue weighted by Crippen LogP contribution is -2.22. The summed E-state index contributed by atoms with van der Waals surface area (Å²) in [7, 11) is 1.18. The number of rotatable bonds is 2. The molecule has 1 rings (SSSR count). The molecule has 0 unspecified atom stereocenters. The van der Waals surface area contributed by atoms with Gasteiger partial charge < -0.3 is 14.6 Å². The van der Waals surface area contributed by atoms with Gasteiger partial charge >= 0.3 is 5.97 Å². The zero-order valence-corrected chi connectivity index (χ0v) is 7.81. The molecule has 0 fully saturated rings. The Kier molecular flexibility index (Phi) is 3.03. The largest absolute Gasteiger partial charge is 0.545 e. The van der Waals surface area contributed by atoms with Crippen molar-refractivity contribution in [3.63, 3.8) is 0 Å². The predicted octanol–water partition coefficient (Wildman–Crippen LogP) is -0.292. The van der Waals surface area contributed by atoms with E-state index in [0.29, 0.717) is 0 Å². The third kappa shape index (κ3) is 2.11. The van der Waals surface area contributed by atoms with Crippen molar-refractivity contribution < 1.29 is 19.4 Å². The van der Waals surface area contributed by atoms with E-state index in [-0.39, 0.29) is 16.7 Å². The summed E-state index contributed by atoms with van der Waals surface area (Å²) >= 11 is 0. The second-order valence-electron chi connectivity index (χ2n) is 2.65. The van der Waals surface area contributed by atoms with Gasteiger partial charge in [-0.2, -0.15) is 5.26 Å². The molecule has 0 bridgehead atoms. The van der Waals surface area contributed by atoms with Crippen LogP contribution in [0.3, 0.4) is 0 Å². The number of aromatic carboxylic acids is 1. The Bertz CT molecular complexity index is 459. The molecule has 5 heteroatoms. The van der Waals surface area contributed by atoms with Gasteiger partial charge in [0.15, 0.2) is 0 Å². The maximum atomic E-state index is 11.1. The van der Waals surface area contributed by atoms with Gasteiger partial charge in [-0.15, -0.1) is 0 Å². The summed E-state index contributed by atoms with van der Waals surface area (Å²) in [5, 5.41) is 19.2. The van der Waals surface area contributed by atoms with Gasteiger partial charge in [0.1, 0.15) is 6.07 Å². The molecular formula is C10H6NO4-. The van der Waals surface area contributed by atoms with Crippen LogP contribution >= 0.6 is 0 Å². The lowest BCUT2D eigenvalue weighted by molar-refractivity contribution is -0.255. The number of nitrogens with zero attached hydrogens (tertiary/aromatic N) is 1. The number of hydrogen-bond donors (Lipinski definition) is 0. The third-order valence-corrected chi connectivity index (χ3v) is 1.78. The van der Waals surface area contributed by atoms with E-state index < -0.39 is 11.9 Å². The molecule has 0 saturated heterocycles. The number of carboxylic acid groups (broad SMARTS) is 1. The molecule has 1 aromatic rings. The van der Waals surface area contributed by atoms with Crippen LogP contribution < -0.4 is 5.11 Å². The lowest BCUT2D eigenvalue weighted by atomic mass is 10.1. The normalized spacial score (nSPS) is 9.07. The summed E-state index contributed by atoms with van der Waals surface area (Å²) in [6.45, 7) is 0. The summed E-state index contributed by atoms with van der Waals surface area (Å²) in [6, 6.07) is 5.19. The fourth-order valence-corrected chi connectivity index (χ4v) is 1.05. The topological polar surface area (TPSA) is 90.2 Å². The maximum absolute atomic E-state index is 11.1. The van der Waals surface area contributed by atoms with Gasteiger partial charge in [-0.05, 0) is 17.7 Å². The molecule has 0 amide bonds. The number of ether oxygens (including phenoxy) is 1. The molecule has 0 saturated carbocycles. The second kappa shape index (κ2) is 4.24. The number of carbonyl (C=O) groups excluding carboxylic acids is 2. The first-order chi connectivity index (χ1) is 7.10. The van der Waals surface area contributed by atoms with E-state index in [9.17, 15) is 14.7 Å². The Morgan fingerprint density at radius 1 is 1.47 bits per heavy atom. The van der Waals surface area contributed by atoms with Crippen molar-refractivity contribution in [3.8, 4) is 6.07 Å². The SMILES string of the molecule is COC(=O)c1ccc(C(=O)[O-])cc1C#N. The number of methoxy groups -OCH3 is 1. The quantitative estimate of drug-likeness (QED) is 0.617. The van der Waals surface area contributed by atoms with Crippen molar-refractivity contribution in [1.29, 1.82) is 5.26 Å². The molecular weight excluding hydrogens is 198 g/mol. The highest BCUT2D eigenvalue weighted by Gasteiger charge is 2.12. The first kappa shape index (κ1) is 10.7. The van der Waals surface area contributed by atoms with Crippen LogP contribution in [0.2, 0.25) is 0 Å². The highest BCUT2D eigenvalue weighted by Crippen LogP contribution is 2.11. The molecule has 1 aromatic carbocycles. The van der Waals surface area contributed by atoms with Gasteiger partial charge in [0, 0.05) is 0 Å². The van der Waals surface area contributed by atoms with Crippen LogP contribution in [0.5, 0.6) is 0 Å². The molecule has 0 heterocycles. The Hall–Kier alpha value is -2.35. The number of benzene rings is 1. The molecule has 0 aliphatic rings. The standard InChI is InChI=1S/C10H7NO4/c1-15-10(14)8-3-2-6(9(12)13)4-7(8)5-11/h2-4H,1H3,(H,12,13)/p-1. The molecule has 0 atom stereocenters. The van der Waals surface area contributed by atoms with E-state index in [1.165, 1.54) is 19.2 Å². The number of hydrogen-bond acceptors (Lipinski definition) is 5. The third-order valence-electron chi connectivity index (χ3n) is 1.78. The van der Waals surface area contributed by atoms with E-state index in [1.807, 2.05) is 0 Å². The second-order valence-corrected chi connectivity index (χ2v) is 2.65. The first-order valence-corrected chi connectivity index (χ1v) is 3.94. The highest BCUT2D eigenvalue weighted by molar-refractivity contribution is 5.94. The van der Waals surface area contributed by atoms with Crippen LogP contribution in [0, 0.1) is 11.3 Å². The minimum Gasteiger partial charge on any atom is -0.545 e. The van der Waals surface area contributed by atoms with Crippen LogP contribution in [0.4, 0.5) is 0 Å². The van der Waals surface area contributed by atoms with Gasteiger partial charge in [-0.25, -0.2) is 4.79 Å². The van der Waals surface area contributed by atoms with Crippen molar-refractivity contribution in [2.24, 2.45) is 0 Å². The average Bonchev–Trinajstić information content (AvgIpc) is 2.27. The fourth-order valence-electron chi connectivity index (χ4n) is 1.05. The van der Waals surface area contributed by atoms with E-state index >= 15 is 0 Å². The van der Waals surface area contributed by atoms with Gasteiger partial charge in [-0.3, -0.25) is 0 Å². The van der Waals surface area contributed by atoms with E-state index in [0.717, 1.165) is 6.07 Å². The summed E-state index contributed by atoms with van der Waals surface area (Å²) in [5.74, 6) is -2.08. The van der Waals surface area contributed by atoms with Crippen LogP contribution in [-0.2, 0) is 4.74 Å². The zero-order valence-electron chi connectivity index (χ0n) is 7.81. The molecule has 0 spiro atoms. The Morgan fingerprint density at radius 3 is 2.60 bits per heavy atom. The Morgan fingerprint density at radius 2 is 2.13 bits per heavy atom. The van der Waals surface area contributed by atoms with Crippen molar-refractivity contribution >= 4 is 11.9 Å². The van der Waals surface area contributed by atoms with Crippen LogP contribution in [0.25, 0.3) is 0 Å². The molecule has 0 N–H and O–H groups in total. The number of esters is 1. The first-order valence-electron chi connectivity index (χ1n) is 3.94. The molecule has 0 aliphatic heterocycles. The summed E-state index contributed by atoms with van der Waals surface area (Å²) < 4.78 is 4.43. The van der Waals surface area contributed by atoms with E-state index in [4.69, 9.17) is 5.26 Å². The lowest BCUT2D eigenvalue weighted by Gasteiger charge is -2.05. The highest BCUT2D eigenvalue weighted by atomic mass is 16.5. The van der Waals surface area contributed by atoms with Gasteiger partial charge in [0.05, 0.1) is 24.2 Å². The molecule has 5 nitrogen and oxygen atoms in total. The monoisotopic (exact) mass is 204 g/mol. The van der Waals surface area contributed by atoms with Crippen molar-refractivity contribution in [2.45, 2.75) is 0 Å². The van der Waals surface area contributed by atoms with Crippen LogP contribution in [0.1, 0.15) is 26.3 Å². The number of nitriles is 1. The smallest absolute Gasteiger partial charge is 0.339 e. The van der Waals surface area contributed by atoms with Crippen molar-refractivity contribution in [3.05, 3.63) is 34.9 Å². The number of carbonyl (C=O) groups is 2. The molecule has 0 aliphatic carbocycles. The fraction of sp³-hybridized carbons (Fsp3) is 0.100. The van der Waals surface area contributed by atoms with Crippen LogP contribution in [-0.4, -0.2) is 19.0 Å². The minimum absolute atomic E-state index is 0.0324. The predicted molar refractivity (Wildman–Crippen MR) is 46.8 cm³/mol. The summed E-state index contributed by atoms with van der Waals surface area (Å²) in [5.41, 5.74) is -0.173. The van der Waals surface area contributed by atoms with Gasteiger partial charge in [0.25, 0.3) is 0 Å². The van der Waals surface area contributed by atoms with E-state index in [1.54, 1.807) is 6.07 Å². The minimum atomic E-state index is -1.40. The summed E-state index contributed by atoms with van der Waals surface area (Å²) in [6.07, 6.45) is 0. The maximum Gasteiger partial charge on any atom is 0.339 e. The van der Waals surface area contributed by atoms with E-state index in [2.05, 4.69) is 4.74 Å². The van der Waals surface area contributed by atoms with Crippen molar-refractivity contribution in [1.82, 2.24) is 0 Å². The zero-order chi connectivity index (χ0) is 11.4. The Balaban J connectivity index is 3.28. The molecule has 0 radical (unpaired) electrons. The van der Waals surface area contributed by atoms with Gasteiger partial charge in [0.2, 0.25) is 0 Å². The van der Waals surface area contributed by atoms with Crippen molar-refractivity contribution in [2.75, 3.05) is 7.11 Å². The molecule has 15 heavy (non-hydrogen) atoms. The Labute approximate surface area is 85.5 Å². The average molecular weight is 204 g/mol. The molecule has 76 valence electrons.